The molecule has 1 aliphatic carbocycles. The summed E-state index contributed by atoms with van der Waals surface area (Å²) in [4.78, 5) is 45.5. The van der Waals surface area contributed by atoms with Crippen LogP contribution in [0.25, 0.3) is 0 Å². The quantitative estimate of drug-likeness (QED) is 0.538. The minimum atomic E-state index is -1.03. The minimum absolute atomic E-state index is 0.205. The normalized spacial score (nSPS) is 25.6. The van der Waals surface area contributed by atoms with Crippen LogP contribution < -0.4 is 5.73 Å². The summed E-state index contributed by atoms with van der Waals surface area (Å²) in [5.74, 6) is -4.40. The van der Waals surface area contributed by atoms with E-state index in [1.807, 2.05) is 6.92 Å². The standard InChI is InChI=1S/C11H15NO4/c1-2-3-8(13)6-4-5-7(11(12)16)10(15)9(6)14/h6-7H,2-5H2,1H3,(H2,12,16). The molecule has 1 fully saturated rings. The number of amides is 1. The van der Waals surface area contributed by atoms with Crippen molar-refractivity contribution in [3.8, 4) is 0 Å². The largest absolute Gasteiger partial charge is 0.369 e. The molecule has 0 aliphatic heterocycles. The Morgan fingerprint density at radius 2 is 1.69 bits per heavy atom. The van der Waals surface area contributed by atoms with Crippen molar-refractivity contribution in [1.82, 2.24) is 0 Å². The molecule has 0 aromatic rings. The van der Waals surface area contributed by atoms with Crippen LogP contribution in [0.3, 0.4) is 0 Å². The van der Waals surface area contributed by atoms with Gasteiger partial charge in [0.25, 0.3) is 0 Å². The van der Waals surface area contributed by atoms with Gasteiger partial charge in [0, 0.05) is 6.42 Å². The van der Waals surface area contributed by atoms with Gasteiger partial charge in [-0.15, -0.1) is 0 Å². The molecule has 2 N–H and O–H groups in total. The van der Waals surface area contributed by atoms with E-state index in [4.69, 9.17) is 5.73 Å². The lowest BCUT2D eigenvalue weighted by atomic mass is 9.77. The fourth-order valence-electron chi connectivity index (χ4n) is 1.94. The summed E-state index contributed by atoms with van der Waals surface area (Å²) in [5, 5.41) is 0. The first-order chi connectivity index (χ1) is 7.49. The van der Waals surface area contributed by atoms with Gasteiger partial charge in [-0.25, -0.2) is 0 Å². The maximum Gasteiger partial charge on any atom is 0.228 e. The summed E-state index contributed by atoms with van der Waals surface area (Å²) >= 11 is 0. The Morgan fingerprint density at radius 1 is 1.19 bits per heavy atom. The molecule has 0 spiro atoms. The number of nitrogens with two attached hydrogens (primary N) is 1. The number of ketones is 3. The first-order valence-electron chi connectivity index (χ1n) is 5.39. The van der Waals surface area contributed by atoms with E-state index in [1.54, 1.807) is 0 Å². The highest BCUT2D eigenvalue weighted by molar-refractivity contribution is 6.45. The molecule has 0 aromatic carbocycles. The summed E-state index contributed by atoms with van der Waals surface area (Å²) < 4.78 is 0. The summed E-state index contributed by atoms with van der Waals surface area (Å²) in [6, 6.07) is 0. The zero-order chi connectivity index (χ0) is 12.3. The topological polar surface area (TPSA) is 94.3 Å². The van der Waals surface area contributed by atoms with Gasteiger partial charge in [-0.2, -0.15) is 0 Å². The minimum Gasteiger partial charge on any atom is -0.369 e. The molecule has 1 amide bonds. The first kappa shape index (κ1) is 12.5. The molecule has 0 radical (unpaired) electrons. The molecule has 88 valence electrons. The molecular formula is C11H15NO4. The van der Waals surface area contributed by atoms with E-state index in [9.17, 15) is 19.2 Å². The van der Waals surface area contributed by atoms with Crippen LogP contribution >= 0.6 is 0 Å². The fourth-order valence-corrected chi connectivity index (χ4v) is 1.94. The molecule has 2 unspecified atom stereocenters. The average Bonchev–Trinajstić information content (AvgIpc) is 2.21. The van der Waals surface area contributed by atoms with E-state index in [-0.39, 0.29) is 18.6 Å². The summed E-state index contributed by atoms with van der Waals surface area (Å²) in [6.07, 6.45) is 1.41. The van der Waals surface area contributed by atoms with Crippen molar-refractivity contribution in [3.63, 3.8) is 0 Å². The number of carbonyl (C=O) groups excluding carboxylic acids is 4. The molecule has 5 heteroatoms. The summed E-state index contributed by atoms with van der Waals surface area (Å²) in [7, 11) is 0. The van der Waals surface area contributed by atoms with Crippen LogP contribution in [0, 0.1) is 11.8 Å². The third-order valence-electron chi connectivity index (χ3n) is 2.85. The van der Waals surface area contributed by atoms with Gasteiger partial charge in [-0.3, -0.25) is 19.2 Å². The molecule has 1 aliphatic rings. The molecule has 1 rings (SSSR count). The predicted octanol–water partition coefficient (Wildman–Crippen LogP) is 0.00530. The van der Waals surface area contributed by atoms with Crippen LogP contribution in [0.1, 0.15) is 32.6 Å². The van der Waals surface area contributed by atoms with E-state index in [0.29, 0.717) is 12.8 Å². The number of rotatable bonds is 4. The second kappa shape index (κ2) is 5.01. The second-order valence-electron chi connectivity index (χ2n) is 4.03. The van der Waals surface area contributed by atoms with Crippen LogP contribution in [0.15, 0.2) is 0 Å². The molecule has 0 bridgehead atoms. The molecule has 5 nitrogen and oxygen atoms in total. The van der Waals surface area contributed by atoms with Crippen molar-refractivity contribution < 1.29 is 19.2 Å². The third kappa shape index (κ3) is 2.35. The van der Waals surface area contributed by atoms with Gasteiger partial charge < -0.3 is 5.73 Å². The number of carbonyl (C=O) groups is 4. The molecule has 1 saturated carbocycles. The predicted molar refractivity (Wildman–Crippen MR) is 55.3 cm³/mol. The molecule has 0 heterocycles. The molecule has 2 atom stereocenters. The first-order valence-corrected chi connectivity index (χ1v) is 5.39. The fraction of sp³-hybridized carbons (Fsp3) is 0.636. The van der Waals surface area contributed by atoms with Gasteiger partial charge in [0.15, 0.2) is 0 Å². The molecular weight excluding hydrogens is 210 g/mol. The number of hydrogen-bond acceptors (Lipinski definition) is 4. The Hall–Kier alpha value is -1.52. The van der Waals surface area contributed by atoms with Crippen LogP contribution in [-0.4, -0.2) is 23.3 Å². The van der Waals surface area contributed by atoms with E-state index < -0.39 is 29.3 Å². The van der Waals surface area contributed by atoms with Crippen molar-refractivity contribution in [2.75, 3.05) is 0 Å². The average molecular weight is 225 g/mol. The van der Waals surface area contributed by atoms with Gasteiger partial charge in [0.1, 0.15) is 11.7 Å². The highest BCUT2D eigenvalue weighted by atomic mass is 16.2. The van der Waals surface area contributed by atoms with Crippen LogP contribution in [0.2, 0.25) is 0 Å². The number of primary amides is 1. The van der Waals surface area contributed by atoms with Crippen molar-refractivity contribution in [2.45, 2.75) is 32.6 Å². The van der Waals surface area contributed by atoms with E-state index in [1.165, 1.54) is 0 Å². The van der Waals surface area contributed by atoms with E-state index >= 15 is 0 Å². The Balaban J connectivity index is 2.76. The van der Waals surface area contributed by atoms with Crippen molar-refractivity contribution in [2.24, 2.45) is 17.6 Å². The number of Topliss-reactive ketones (excluding diaryl/α,β-unsaturated/α-hetero) is 3. The molecule has 0 saturated heterocycles. The van der Waals surface area contributed by atoms with Crippen LogP contribution in [0.5, 0.6) is 0 Å². The Bertz CT molecular complexity index is 348. The molecule has 16 heavy (non-hydrogen) atoms. The van der Waals surface area contributed by atoms with Gasteiger partial charge in [-0.1, -0.05) is 6.92 Å². The monoisotopic (exact) mass is 225 g/mol. The zero-order valence-corrected chi connectivity index (χ0v) is 9.19. The van der Waals surface area contributed by atoms with Gasteiger partial charge in [-0.05, 0) is 19.3 Å². The van der Waals surface area contributed by atoms with E-state index in [0.717, 1.165) is 0 Å². The Labute approximate surface area is 93.4 Å². The van der Waals surface area contributed by atoms with Crippen LogP contribution in [0.4, 0.5) is 0 Å². The summed E-state index contributed by atoms with van der Waals surface area (Å²) in [6.45, 7) is 1.83. The van der Waals surface area contributed by atoms with Crippen molar-refractivity contribution >= 4 is 23.3 Å². The second-order valence-corrected chi connectivity index (χ2v) is 4.03. The van der Waals surface area contributed by atoms with Gasteiger partial charge in [0.2, 0.25) is 17.5 Å². The summed E-state index contributed by atoms with van der Waals surface area (Å²) in [5.41, 5.74) is 5.00. The number of hydrogen-bond donors (Lipinski definition) is 1. The Morgan fingerprint density at radius 3 is 2.19 bits per heavy atom. The van der Waals surface area contributed by atoms with Crippen LogP contribution in [-0.2, 0) is 19.2 Å². The lowest BCUT2D eigenvalue weighted by Crippen LogP contribution is -2.44. The highest BCUT2D eigenvalue weighted by Crippen LogP contribution is 2.25. The zero-order valence-electron chi connectivity index (χ0n) is 9.19. The lowest BCUT2D eigenvalue weighted by molar-refractivity contribution is -0.150. The smallest absolute Gasteiger partial charge is 0.228 e. The van der Waals surface area contributed by atoms with Gasteiger partial charge >= 0.3 is 0 Å². The maximum absolute atomic E-state index is 11.6. The highest BCUT2D eigenvalue weighted by Gasteiger charge is 2.41. The van der Waals surface area contributed by atoms with Crippen molar-refractivity contribution in [3.05, 3.63) is 0 Å². The maximum atomic E-state index is 11.6. The Kier molecular flexibility index (Phi) is 3.93. The third-order valence-corrected chi connectivity index (χ3v) is 2.85. The van der Waals surface area contributed by atoms with E-state index in [2.05, 4.69) is 0 Å². The van der Waals surface area contributed by atoms with Crippen molar-refractivity contribution in [1.29, 1.82) is 0 Å². The molecule has 0 aromatic heterocycles. The lowest BCUT2D eigenvalue weighted by Gasteiger charge is -2.23. The van der Waals surface area contributed by atoms with Gasteiger partial charge in [0.05, 0.1) is 5.92 Å². The SMILES string of the molecule is CCCC(=O)C1CCC(C(N)=O)C(=O)C1=O.